The molecule has 1 saturated heterocycles. The fraction of sp³-hybridized carbons (Fsp3) is 0.294. The van der Waals surface area contributed by atoms with Gasteiger partial charge in [-0.25, -0.2) is 0 Å². The first-order chi connectivity index (χ1) is 11.0. The van der Waals surface area contributed by atoms with Crippen molar-refractivity contribution in [1.82, 2.24) is 4.90 Å². The zero-order valence-electron chi connectivity index (χ0n) is 12.8. The van der Waals surface area contributed by atoms with Crippen LogP contribution in [0.15, 0.2) is 23.1 Å². The maximum Gasteiger partial charge on any atom is 0.294 e. The highest BCUT2D eigenvalue weighted by atomic mass is 35.5. The van der Waals surface area contributed by atoms with Gasteiger partial charge in [-0.15, -0.1) is 6.42 Å². The third-order valence-electron chi connectivity index (χ3n) is 3.28. The monoisotopic (exact) mass is 349 g/mol. The van der Waals surface area contributed by atoms with E-state index >= 15 is 0 Å². The number of carbonyl (C=O) groups excluding carboxylic acids is 2. The van der Waals surface area contributed by atoms with E-state index in [1.807, 2.05) is 13.8 Å². The number of amides is 2. The predicted molar refractivity (Wildman–Crippen MR) is 93.3 cm³/mol. The first-order valence-corrected chi connectivity index (χ1v) is 8.30. The van der Waals surface area contributed by atoms with Crippen molar-refractivity contribution < 1.29 is 14.3 Å². The van der Waals surface area contributed by atoms with Crippen LogP contribution in [0.4, 0.5) is 4.79 Å². The Balaban J connectivity index is 2.21. The van der Waals surface area contributed by atoms with E-state index in [2.05, 4.69) is 5.92 Å². The zero-order valence-corrected chi connectivity index (χ0v) is 14.4. The van der Waals surface area contributed by atoms with Gasteiger partial charge in [-0.1, -0.05) is 30.5 Å². The summed E-state index contributed by atoms with van der Waals surface area (Å²) in [5, 5.41) is 0.101. The van der Waals surface area contributed by atoms with Crippen molar-refractivity contribution in [2.45, 2.75) is 26.4 Å². The van der Waals surface area contributed by atoms with Crippen molar-refractivity contribution in [3.8, 4) is 18.1 Å². The SMILES string of the molecule is C#CCN1C(=O)SC(=Cc2ccc(OC(C)CC)c(Cl)c2)C1=O. The largest absolute Gasteiger partial charge is 0.489 e. The first-order valence-electron chi connectivity index (χ1n) is 7.11. The Morgan fingerprint density at radius 3 is 2.83 bits per heavy atom. The van der Waals surface area contributed by atoms with Crippen LogP contribution in [0, 0.1) is 12.3 Å². The molecule has 4 nitrogen and oxygen atoms in total. The van der Waals surface area contributed by atoms with E-state index in [9.17, 15) is 9.59 Å². The van der Waals surface area contributed by atoms with Crippen LogP contribution in [0.5, 0.6) is 5.75 Å². The Morgan fingerprint density at radius 2 is 2.22 bits per heavy atom. The summed E-state index contributed by atoms with van der Waals surface area (Å²) in [6, 6.07) is 5.25. The standard InChI is InChI=1S/C17H16ClNO3S/c1-4-8-19-16(20)15(23-17(19)21)10-12-6-7-14(13(18)9-12)22-11(3)5-2/h1,6-7,9-11H,5,8H2,2-3H3. The number of imide groups is 1. The van der Waals surface area contributed by atoms with E-state index in [1.54, 1.807) is 24.3 Å². The van der Waals surface area contributed by atoms with E-state index in [0.29, 0.717) is 15.7 Å². The van der Waals surface area contributed by atoms with Crippen LogP contribution >= 0.6 is 23.4 Å². The van der Waals surface area contributed by atoms with Crippen LogP contribution in [0.25, 0.3) is 6.08 Å². The summed E-state index contributed by atoms with van der Waals surface area (Å²) < 4.78 is 5.70. The highest BCUT2D eigenvalue weighted by Gasteiger charge is 2.34. The van der Waals surface area contributed by atoms with Crippen LogP contribution in [0.2, 0.25) is 5.02 Å². The molecule has 6 heteroatoms. The highest BCUT2D eigenvalue weighted by Crippen LogP contribution is 2.33. The van der Waals surface area contributed by atoms with Crippen LogP contribution in [0.1, 0.15) is 25.8 Å². The van der Waals surface area contributed by atoms with E-state index in [1.165, 1.54) is 0 Å². The molecule has 1 fully saturated rings. The van der Waals surface area contributed by atoms with Gasteiger partial charge in [-0.3, -0.25) is 14.5 Å². The van der Waals surface area contributed by atoms with E-state index < -0.39 is 0 Å². The fourth-order valence-corrected chi connectivity index (χ4v) is 2.95. The number of terminal acetylenes is 1. The summed E-state index contributed by atoms with van der Waals surface area (Å²) >= 11 is 7.08. The molecule has 2 amide bonds. The first kappa shape index (κ1) is 17.5. The van der Waals surface area contributed by atoms with E-state index in [4.69, 9.17) is 22.8 Å². The second-order valence-corrected chi connectivity index (χ2v) is 6.40. The number of carbonyl (C=O) groups is 2. The minimum Gasteiger partial charge on any atom is -0.489 e. The molecule has 0 spiro atoms. The maximum absolute atomic E-state index is 12.1. The Hall–Kier alpha value is -1.90. The van der Waals surface area contributed by atoms with Crippen molar-refractivity contribution in [3.05, 3.63) is 33.7 Å². The zero-order chi connectivity index (χ0) is 17.0. The molecule has 1 aliphatic rings. The van der Waals surface area contributed by atoms with Crippen LogP contribution in [0.3, 0.4) is 0 Å². The summed E-state index contributed by atoms with van der Waals surface area (Å²) in [7, 11) is 0. The molecule has 1 unspecified atom stereocenters. The Morgan fingerprint density at radius 1 is 1.48 bits per heavy atom. The molecule has 120 valence electrons. The van der Waals surface area contributed by atoms with Crippen molar-refractivity contribution in [2.75, 3.05) is 6.54 Å². The normalized spacial score (nSPS) is 17.5. The summed E-state index contributed by atoms with van der Waals surface area (Å²) in [4.78, 5) is 25.2. The van der Waals surface area contributed by atoms with Crippen molar-refractivity contribution in [3.63, 3.8) is 0 Å². The van der Waals surface area contributed by atoms with Crippen LogP contribution in [-0.4, -0.2) is 28.7 Å². The lowest BCUT2D eigenvalue weighted by Gasteiger charge is -2.14. The van der Waals surface area contributed by atoms with E-state index in [-0.39, 0.29) is 23.8 Å². The van der Waals surface area contributed by atoms with Gasteiger partial charge in [0.2, 0.25) is 0 Å². The molecule has 0 saturated carbocycles. The molecule has 1 aliphatic heterocycles. The summed E-state index contributed by atoms with van der Waals surface area (Å²) in [5.74, 6) is 2.52. The van der Waals surface area contributed by atoms with Gasteiger partial charge in [0, 0.05) is 0 Å². The van der Waals surface area contributed by atoms with Crippen LogP contribution in [-0.2, 0) is 4.79 Å². The molecule has 0 aromatic heterocycles. The molecule has 1 aromatic rings. The number of hydrogen-bond donors (Lipinski definition) is 0. The predicted octanol–water partition coefficient (Wildman–Crippen LogP) is 4.19. The molecule has 23 heavy (non-hydrogen) atoms. The van der Waals surface area contributed by atoms with Crippen molar-refractivity contribution >= 4 is 40.6 Å². The number of rotatable bonds is 5. The Bertz CT molecular complexity index is 708. The van der Waals surface area contributed by atoms with Crippen molar-refractivity contribution in [1.29, 1.82) is 0 Å². The second kappa shape index (κ2) is 7.58. The van der Waals surface area contributed by atoms with Gasteiger partial charge in [-0.2, -0.15) is 0 Å². The average molecular weight is 350 g/mol. The topological polar surface area (TPSA) is 46.6 Å². The molecule has 1 atom stereocenters. The molecule has 1 aromatic carbocycles. The Kier molecular flexibility index (Phi) is 5.75. The third-order valence-corrected chi connectivity index (χ3v) is 4.48. The van der Waals surface area contributed by atoms with Gasteiger partial charge in [0.1, 0.15) is 5.75 Å². The fourth-order valence-electron chi connectivity index (χ4n) is 1.88. The van der Waals surface area contributed by atoms with Gasteiger partial charge in [0.25, 0.3) is 11.1 Å². The van der Waals surface area contributed by atoms with E-state index in [0.717, 1.165) is 28.6 Å². The van der Waals surface area contributed by atoms with Crippen LogP contribution < -0.4 is 4.74 Å². The lowest BCUT2D eigenvalue weighted by atomic mass is 10.2. The Labute approximate surface area is 144 Å². The quantitative estimate of drug-likeness (QED) is 0.590. The number of benzene rings is 1. The minimum absolute atomic E-state index is 0.0234. The van der Waals surface area contributed by atoms with Gasteiger partial charge >= 0.3 is 0 Å². The molecule has 0 aliphatic carbocycles. The molecule has 0 radical (unpaired) electrons. The molecule has 1 heterocycles. The third kappa shape index (κ3) is 4.10. The number of nitrogens with zero attached hydrogens (tertiary/aromatic N) is 1. The average Bonchev–Trinajstić information content (AvgIpc) is 2.78. The number of hydrogen-bond acceptors (Lipinski definition) is 4. The molecule has 0 bridgehead atoms. The lowest BCUT2D eigenvalue weighted by molar-refractivity contribution is -0.122. The van der Waals surface area contributed by atoms with Gasteiger partial charge in [0.15, 0.2) is 0 Å². The lowest BCUT2D eigenvalue weighted by Crippen LogP contribution is -2.28. The van der Waals surface area contributed by atoms with Gasteiger partial charge in [0.05, 0.1) is 22.6 Å². The summed E-state index contributed by atoms with van der Waals surface area (Å²) in [5.41, 5.74) is 0.720. The molecule has 0 N–H and O–H groups in total. The summed E-state index contributed by atoms with van der Waals surface area (Å²) in [6.45, 7) is 3.97. The molecular formula is C17H16ClNO3S. The number of thioether (sulfide) groups is 1. The second-order valence-electron chi connectivity index (χ2n) is 5.00. The minimum atomic E-state index is -0.381. The highest BCUT2D eigenvalue weighted by molar-refractivity contribution is 8.18. The smallest absolute Gasteiger partial charge is 0.294 e. The maximum atomic E-state index is 12.1. The van der Waals surface area contributed by atoms with Gasteiger partial charge < -0.3 is 4.74 Å². The summed E-state index contributed by atoms with van der Waals surface area (Å²) in [6.07, 6.45) is 7.73. The molecule has 2 rings (SSSR count). The van der Waals surface area contributed by atoms with Gasteiger partial charge in [-0.05, 0) is 48.9 Å². The number of ether oxygens (including phenoxy) is 1. The van der Waals surface area contributed by atoms with Crippen molar-refractivity contribution in [2.24, 2.45) is 0 Å². The molecular weight excluding hydrogens is 334 g/mol. The number of halogens is 1.